The molecule has 1 aromatic carbocycles. The third-order valence-corrected chi connectivity index (χ3v) is 3.51. The fourth-order valence-corrected chi connectivity index (χ4v) is 2.52. The Hall–Kier alpha value is -1.82. The molecular weight excluding hydrogens is 265 g/mol. The van der Waals surface area contributed by atoms with Crippen LogP contribution in [0.25, 0.3) is 10.4 Å². The van der Waals surface area contributed by atoms with Crippen molar-refractivity contribution in [2.24, 2.45) is 0 Å². The van der Waals surface area contributed by atoms with E-state index < -0.39 is 17.0 Å². The number of carbonyl (C=O) groups is 1. The molecule has 0 unspecified atom stereocenters. The molecule has 0 radical (unpaired) electrons. The average molecular weight is 272 g/mol. The molecule has 2 aromatic rings. The Labute approximate surface area is 104 Å². The van der Waals surface area contributed by atoms with Crippen LogP contribution in [0.2, 0.25) is 0 Å². The summed E-state index contributed by atoms with van der Waals surface area (Å²) in [5.41, 5.74) is 0.147. The van der Waals surface area contributed by atoms with E-state index in [0.29, 0.717) is 23.0 Å². The molecule has 2 rings (SSSR count). The zero-order chi connectivity index (χ0) is 13.3. The number of hydrogen-bond acceptors (Lipinski definition) is 2. The summed E-state index contributed by atoms with van der Waals surface area (Å²) in [6.07, 6.45) is -4.53. The maximum atomic E-state index is 12.6. The van der Waals surface area contributed by atoms with Crippen LogP contribution >= 0.6 is 11.3 Å². The number of halogens is 3. The molecule has 0 saturated heterocycles. The standard InChI is InChI=1S/C12H7F3O2S/c13-12(14,15)9-6-8(11(16)17)10(18-9)7-4-2-1-3-5-7/h1-6H,(H,16,17). The van der Waals surface area contributed by atoms with Gasteiger partial charge in [-0.1, -0.05) is 30.3 Å². The monoisotopic (exact) mass is 272 g/mol. The van der Waals surface area contributed by atoms with E-state index >= 15 is 0 Å². The van der Waals surface area contributed by atoms with Crippen LogP contribution in [0, 0.1) is 0 Å². The minimum Gasteiger partial charge on any atom is -0.478 e. The molecule has 0 bridgehead atoms. The SMILES string of the molecule is O=C(O)c1cc(C(F)(F)F)sc1-c1ccccc1. The van der Waals surface area contributed by atoms with Gasteiger partial charge in [0.15, 0.2) is 0 Å². The van der Waals surface area contributed by atoms with Crippen molar-refractivity contribution in [2.45, 2.75) is 6.18 Å². The molecular formula is C12H7F3O2S. The second kappa shape index (κ2) is 4.45. The zero-order valence-corrected chi connectivity index (χ0v) is 9.68. The second-order valence-electron chi connectivity index (χ2n) is 3.52. The van der Waals surface area contributed by atoms with Crippen molar-refractivity contribution in [3.8, 4) is 10.4 Å². The maximum absolute atomic E-state index is 12.6. The first-order chi connectivity index (χ1) is 8.39. The average Bonchev–Trinajstić information content (AvgIpc) is 2.74. The molecule has 0 aliphatic carbocycles. The lowest BCUT2D eigenvalue weighted by Crippen LogP contribution is -2.01. The van der Waals surface area contributed by atoms with Crippen LogP contribution in [-0.4, -0.2) is 11.1 Å². The number of rotatable bonds is 2. The highest BCUT2D eigenvalue weighted by molar-refractivity contribution is 7.16. The van der Waals surface area contributed by atoms with Crippen molar-refractivity contribution in [1.29, 1.82) is 0 Å². The molecule has 0 atom stereocenters. The first kappa shape index (κ1) is 12.6. The summed E-state index contributed by atoms with van der Waals surface area (Å²) >= 11 is 0.442. The highest BCUT2D eigenvalue weighted by Crippen LogP contribution is 2.41. The van der Waals surface area contributed by atoms with E-state index in [1.165, 1.54) is 0 Å². The molecule has 0 aliphatic rings. The number of thiophene rings is 1. The van der Waals surface area contributed by atoms with Gasteiger partial charge < -0.3 is 5.11 Å². The molecule has 0 spiro atoms. The lowest BCUT2D eigenvalue weighted by atomic mass is 10.1. The van der Waals surface area contributed by atoms with Crippen molar-refractivity contribution in [3.63, 3.8) is 0 Å². The largest absolute Gasteiger partial charge is 0.478 e. The van der Waals surface area contributed by atoms with E-state index in [4.69, 9.17) is 5.11 Å². The summed E-state index contributed by atoms with van der Waals surface area (Å²) in [4.78, 5) is 10.2. The molecule has 1 N–H and O–H groups in total. The normalized spacial score (nSPS) is 11.5. The first-order valence-electron chi connectivity index (χ1n) is 4.89. The van der Waals surface area contributed by atoms with Crippen molar-refractivity contribution in [2.75, 3.05) is 0 Å². The third kappa shape index (κ3) is 2.38. The minimum atomic E-state index is -4.53. The second-order valence-corrected chi connectivity index (χ2v) is 4.57. The number of benzene rings is 1. The van der Waals surface area contributed by atoms with Crippen molar-refractivity contribution in [3.05, 3.63) is 46.8 Å². The Morgan fingerprint density at radius 1 is 1.17 bits per heavy atom. The number of carboxylic acids is 1. The lowest BCUT2D eigenvalue weighted by Gasteiger charge is -2.01. The van der Waals surface area contributed by atoms with Crippen LogP contribution in [0.4, 0.5) is 13.2 Å². The number of aromatic carboxylic acids is 1. The Morgan fingerprint density at radius 3 is 2.28 bits per heavy atom. The Balaban J connectivity index is 2.60. The summed E-state index contributed by atoms with van der Waals surface area (Å²) < 4.78 is 37.7. The van der Waals surface area contributed by atoms with Gasteiger partial charge in [-0.15, -0.1) is 11.3 Å². The van der Waals surface area contributed by atoms with E-state index in [9.17, 15) is 18.0 Å². The van der Waals surface area contributed by atoms with Gasteiger partial charge in [0.1, 0.15) is 4.88 Å². The number of alkyl halides is 3. The van der Waals surface area contributed by atoms with Crippen molar-refractivity contribution >= 4 is 17.3 Å². The van der Waals surface area contributed by atoms with Crippen LogP contribution in [0.5, 0.6) is 0 Å². The fourth-order valence-electron chi connectivity index (χ4n) is 1.49. The molecule has 6 heteroatoms. The van der Waals surface area contributed by atoms with Gasteiger partial charge in [-0.25, -0.2) is 4.79 Å². The molecule has 1 aromatic heterocycles. The van der Waals surface area contributed by atoms with Gasteiger partial charge in [-0.05, 0) is 11.6 Å². The van der Waals surface area contributed by atoms with Crippen molar-refractivity contribution < 1.29 is 23.1 Å². The van der Waals surface area contributed by atoms with Gasteiger partial charge in [0.25, 0.3) is 0 Å². The minimum absolute atomic E-state index is 0.121. The fraction of sp³-hybridized carbons (Fsp3) is 0.0833. The topological polar surface area (TPSA) is 37.3 Å². The maximum Gasteiger partial charge on any atom is 0.425 e. The van der Waals surface area contributed by atoms with Gasteiger partial charge in [0.2, 0.25) is 0 Å². The van der Waals surface area contributed by atoms with Crippen LogP contribution in [0.15, 0.2) is 36.4 Å². The predicted molar refractivity (Wildman–Crippen MR) is 61.7 cm³/mol. The van der Waals surface area contributed by atoms with Crippen molar-refractivity contribution in [1.82, 2.24) is 0 Å². The number of carboxylic acid groups (broad SMARTS) is 1. The van der Waals surface area contributed by atoms with Gasteiger partial charge in [-0.2, -0.15) is 13.2 Å². The summed E-state index contributed by atoms with van der Waals surface area (Å²) in [6, 6.07) is 8.84. The summed E-state index contributed by atoms with van der Waals surface area (Å²) in [7, 11) is 0. The van der Waals surface area contributed by atoms with Gasteiger partial charge >= 0.3 is 12.1 Å². The van der Waals surface area contributed by atoms with Gasteiger partial charge in [0, 0.05) is 4.88 Å². The van der Waals surface area contributed by atoms with E-state index in [0.717, 1.165) is 0 Å². The lowest BCUT2D eigenvalue weighted by molar-refractivity contribution is -0.134. The Morgan fingerprint density at radius 2 is 1.78 bits per heavy atom. The number of hydrogen-bond donors (Lipinski definition) is 1. The Bertz CT molecular complexity index is 573. The quantitative estimate of drug-likeness (QED) is 0.892. The molecule has 0 aliphatic heterocycles. The van der Waals surface area contributed by atoms with Crippen LogP contribution in [-0.2, 0) is 6.18 Å². The highest BCUT2D eigenvalue weighted by atomic mass is 32.1. The Kier molecular flexibility index (Phi) is 3.13. The zero-order valence-electron chi connectivity index (χ0n) is 8.86. The summed E-state index contributed by atoms with van der Waals surface area (Å²) in [5, 5.41) is 8.95. The third-order valence-electron chi connectivity index (χ3n) is 2.28. The van der Waals surface area contributed by atoms with Gasteiger partial charge in [-0.3, -0.25) is 0 Å². The molecule has 0 saturated carbocycles. The van der Waals surface area contributed by atoms with Crippen LogP contribution < -0.4 is 0 Å². The van der Waals surface area contributed by atoms with E-state index in [-0.39, 0.29) is 10.4 Å². The van der Waals surface area contributed by atoms with E-state index in [1.54, 1.807) is 30.3 Å². The summed E-state index contributed by atoms with van der Waals surface area (Å²) in [5.74, 6) is -1.36. The summed E-state index contributed by atoms with van der Waals surface area (Å²) in [6.45, 7) is 0. The van der Waals surface area contributed by atoms with E-state index in [2.05, 4.69) is 0 Å². The predicted octanol–water partition coefficient (Wildman–Crippen LogP) is 4.13. The molecule has 18 heavy (non-hydrogen) atoms. The van der Waals surface area contributed by atoms with Gasteiger partial charge in [0.05, 0.1) is 5.56 Å². The van der Waals surface area contributed by atoms with E-state index in [1.807, 2.05) is 0 Å². The molecule has 2 nitrogen and oxygen atoms in total. The highest BCUT2D eigenvalue weighted by Gasteiger charge is 2.35. The smallest absolute Gasteiger partial charge is 0.425 e. The molecule has 0 amide bonds. The molecule has 1 heterocycles. The first-order valence-corrected chi connectivity index (χ1v) is 5.71. The van der Waals surface area contributed by atoms with Crippen LogP contribution in [0.3, 0.4) is 0 Å². The molecule has 94 valence electrons. The molecule has 0 fully saturated rings. The van der Waals surface area contributed by atoms with Crippen LogP contribution in [0.1, 0.15) is 15.2 Å².